The smallest absolute Gasteiger partial charge is 0.243 e. The van der Waals surface area contributed by atoms with Crippen molar-refractivity contribution in [1.29, 1.82) is 0 Å². The predicted molar refractivity (Wildman–Crippen MR) is 86.6 cm³/mol. The number of likely N-dealkylation sites (tertiary alicyclic amines) is 2. The summed E-state index contributed by atoms with van der Waals surface area (Å²) in [6.45, 7) is 4.03. The SMILES string of the molecule is O=C1CCC(N2CC3(CCCN3Cc3ccccc3)C2)C(=O)N1. The van der Waals surface area contributed by atoms with Gasteiger partial charge in [-0.3, -0.25) is 24.7 Å². The van der Waals surface area contributed by atoms with Gasteiger partial charge in [-0.2, -0.15) is 0 Å². The van der Waals surface area contributed by atoms with Gasteiger partial charge in [0.25, 0.3) is 0 Å². The molecule has 4 rings (SSSR count). The van der Waals surface area contributed by atoms with Gasteiger partial charge in [0.05, 0.1) is 6.04 Å². The molecule has 3 heterocycles. The van der Waals surface area contributed by atoms with E-state index in [-0.39, 0.29) is 23.4 Å². The topological polar surface area (TPSA) is 52.7 Å². The number of benzene rings is 1. The molecule has 0 radical (unpaired) electrons. The zero-order chi connectivity index (χ0) is 15.9. The summed E-state index contributed by atoms with van der Waals surface area (Å²) in [5.41, 5.74) is 1.59. The van der Waals surface area contributed by atoms with Crippen molar-refractivity contribution in [3.05, 3.63) is 35.9 Å². The maximum absolute atomic E-state index is 12.0. The van der Waals surface area contributed by atoms with Gasteiger partial charge in [-0.05, 0) is 31.4 Å². The molecule has 0 saturated carbocycles. The molecule has 1 aromatic carbocycles. The average Bonchev–Trinajstić information content (AvgIpc) is 2.91. The van der Waals surface area contributed by atoms with Gasteiger partial charge in [-0.15, -0.1) is 0 Å². The van der Waals surface area contributed by atoms with Crippen molar-refractivity contribution < 1.29 is 9.59 Å². The third kappa shape index (κ3) is 2.68. The Morgan fingerprint density at radius 3 is 2.70 bits per heavy atom. The van der Waals surface area contributed by atoms with Crippen molar-refractivity contribution in [2.75, 3.05) is 19.6 Å². The second kappa shape index (κ2) is 5.73. The highest BCUT2D eigenvalue weighted by Gasteiger charge is 2.53. The van der Waals surface area contributed by atoms with Crippen LogP contribution >= 0.6 is 0 Å². The molecule has 1 atom stereocenters. The van der Waals surface area contributed by atoms with Crippen molar-refractivity contribution in [2.45, 2.75) is 43.8 Å². The molecule has 5 nitrogen and oxygen atoms in total. The summed E-state index contributed by atoms with van der Waals surface area (Å²) in [7, 11) is 0. The number of piperidine rings is 1. The Morgan fingerprint density at radius 1 is 1.17 bits per heavy atom. The summed E-state index contributed by atoms with van der Waals surface area (Å²) in [4.78, 5) is 28.2. The summed E-state index contributed by atoms with van der Waals surface area (Å²) < 4.78 is 0. The molecule has 1 aromatic rings. The molecule has 0 bridgehead atoms. The zero-order valence-corrected chi connectivity index (χ0v) is 13.3. The Kier molecular flexibility index (Phi) is 3.70. The minimum absolute atomic E-state index is 0.108. The molecule has 122 valence electrons. The van der Waals surface area contributed by atoms with E-state index >= 15 is 0 Å². The number of carbonyl (C=O) groups excluding carboxylic acids is 2. The van der Waals surface area contributed by atoms with Crippen molar-refractivity contribution in [2.24, 2.45) is 0 Å². The van der Waals surface area contributed by atoms with E-state index in [1.165, 1.54) is 18.4 Å². The molecule has 3 aliphatic rings. The second-order valence-corrected chi connectivity index (χ2v) is 7.11. The normalized spacial score (nSPS) is 27.9. The Morgan fingerprint density at radius 2 is 1.96 bits per heavy atom. The number of imide groups is 1. The van der Waals surface area contributed by atoms with Crippen LogP contribution in [-0.2, 0) is 16.1 Å². The highest BCUT2D eigenvalue weighted by Crippen LogP contribution is 2.40. The lowest BCUT2D eigenvalue weighted by Crippen LogP contribution is -2.71. The summed E-state index contributed by atoms with van der Waals surface area (Å²) in [6, 6.07) is 10.5. The number of carbonyl (C=O) groups is 2. The standard InChI is InChI=1S/C18H23N3O2/c22-16-8-7-15(17(23)19-16)20-12-18(13-20)9-4-10-21(18)11-14-5-2-1-3-6-14/h1-3,5-6,15H,4,7-13H2,(H,19,22,23). The molecule has 1 spiro atoms. The molecule has 3 saturated heterocycles. The van der Waals surface area contributed by atoms with Crippen LogP contribution in [0.2, 0.25) is 0 Å². The van der Waals surface area contributed by atoms with Gasteiger partial charge in [-0.25, -0.2) is 0 Å². The second-order valence-electron chi connectivity index (χ2n) is 7.11. The van der Waals surface area contributed by atoms with Crippen molar-refractivity contribution in [3.8, 4) is 0 Å². The van der Waals surface area contributed by atoms with Crippen LogP contribution in [0.3, 0.4) is 0 Å². The van der Waals surface area contributed by atoms with Gasteiger partial charge < -0.3 is 0 Å². The van der Waals surface area contributed by atoms with E-state index in [2.05, 4.69) is 45.4 Å². The summed E-state index contributed by atoms with van der Waals surface area (Å²) >= 11 is 0. The summed E-state index contributed by atoms with van der Waals surface area (Å²) in [6.07, 6.45) is 3.58. The zero-order valence-electron chi connectivity index (χ0n) is 13.3. The van der Waals surface area contributed by atoms with Gasteiger partial charge in [0.1, 0.15) is 0 Å². The van der Waals surface area contributed by atoms with Crippen LogP contribution < -0.4 is 5.32 Å². The van der Waals surface area contributed by atoms with Crippen LogP contribution in [0, 0.1) is 0 Å². The number of rotatable bonds is 3. The van der Waals surface area contributed by atoms with E-state index in [1.54, 1.807) is 0 Å². The molecule has 1 unspecified atom stereocenters. The van der Waals surface area contributed by atoms with Crippen LogP contribution in [0.25, 0.3) is 0 Å². The Balaban J connectivity index is 1.40. The highest BCUT2D eigenvalue weighted by molar-refractivity contribution is 6.00. The molecular formula is C18H23N3O2. The fraction of sp³-hybridized carbons (Fsp3) is 0.556. The largest absolute Gasteiger partial charge is 0.295 e. The molecule has 2 amide bonds. The summed E-state index contributed by atoms with van der Waals surface area (Å²) in [5.74, 6) is -0.239. The van der Waals surface area contributed by atoms with Crippen LogP contribution in [0.1, 0.15) is 31.2 Å². The first kappa shape index (κ1) is 14.8. The molecule has 0 aliphatic carbocycles. The highest BCUT2D eigenvalue weighted by atomic mass is 16.2. The number of nitrogens with one attached hydrogen (secondary N) is 1. The molecule has 5 heteroatoms. The van der Waals surface area contributed by atoms with E-state index in [1.807, 2.05) is 0 Å². The third-order valence-electron chi connectivity index (χ3n) is 5.60. The van der Waals surface area contributed by atoms with Gasteiger partial charge in [0.2, 0.25) is 11.8 Å². The third-order valence-corrected chi connectivity index (χ3v) is 5.60. The minimum Gasteiger partial charge on any atom is -0.295 e. The van der Waals surface area contributed by atoms with Crippen LogP contribution in [-0.4, -0.2) is 52.8 Å². The van der Waals surface area contributed by atoms with Crippen LogP contribution in [0.15, 0.2) is 30.3 Å². The molecule has 1 N–H and O–H groups in total. The maximum atomic E-state index is 12.0. The van der Waals surface area contributed by atoms with E-state index in [4.69, 9.17) is 0 Å². The fourth-order valence-electron chi connectivity index (χ4n) is 4.36. The number of hydrogen-bond acceptors (Lipinski definition) is 4. The molecular weight excluding hydrogens is 290 g/mol. The quantitative estimate of drug-likeness (QED) is 0.851. The first-order valence-electron chi connectivity index (χ1n) is 8.53. The molecule has 3 aliphatic heterocycles. The maximum Gasteiger partial charge on any atom is 0.243 e. The fourth-order valence-corrected chi connectivity index (χ4v) is 4.36. The van der Waals surface area contributed by atoms with Crippen molar-refractivity contribution >= 4 is 11.8 Å². The monoisotopic (exact) mass is 313 g/mol. The van der Waals surface area contributed by atoms with Gasteiger partial charge >= 0.3 is 0 Å². The summed E-state index contributed by atoms with van der Waals surface area (Å²) in [5, 5.41) is 2.48. The van der Waals surface area contributed by atoms with E-state index < -0.39 is 0 Å². The molecule has 0 aromatic heterocycles. The first-order chi connectivity index (χ1) is 11.2. The van der Waals surface area contributed by atoms with Crippen LogP contribution in [0.4, 0.5) is 0 Å². The average molecular weight is 313 g/mol. The van der Waals surface area contributed by atoms with Crippen LogP contribution in [0.5, 0.6) is 0 Å². The van der Waals surface area contributed by atoms with Crippen molar-refractivity contribution in [3.63, 3.8) is 0 Å². The number of nitrogens with zero attached hydrogens (tertiary/aromatic N) is 2. The van der Waals surface area contributed by atoms with Gasteiger partial charge in [0, 0.05) is 31.6 Å². The first-order valence-corrected chi connectivity index (χ1v) is 8.53. The Hall–Kier alpha value is -1.72. The van der Waals surface area contributed by atoms with E-state index in [9.17, 15) is 9.59 Å². The van der Waals surface area contributed by atoms with E-state index in [0.29, 0.717) is 12.8 Å². The number of hydrogen-bond donors (Lipinski definition) is 1. The lowest BCUT2D eigenvalue weighted by Gasteiger charge is -2.55. The van der Waals surface area contributed by atoms with Crippen molar-refractivity contribution in [1.82, 2.24) is 15.1 Å². The Labute approximate surface area is 136 Å². The minimum atomic E-state index is -0.131. The van der Waals surface area contributed by atoms with E-state index in [0.717, 1.165) is 26.2 Å². The molecule has 3 fully saturated rings. The lowest BCUT2D eigenvalue weighted by atomic mass is 9.84. The lowest BCUT2D eigenvalue weighted by molar-refractivity contribution is -0.143. The molecule has 23 heavy (non-hydrogen) atoms. The predicted octanol–water partition coefficient (Wildman–Crippen LogP) is 1.14. The Bertz CT molecular complexity index is 610. The number of amides is 2. The van der Waals surface area contributed by atoms with Gasteiger partial charge in [-0.1, -0.05) is 30.3 Å². The van der Waals surface area contributed by atoms with Gasteiger partial charge in [0.15, 0.2) is 0 Å².